The highest BCUT2D eigenvalue weighted by molar-refractivity contribution is 7.16. The van der Waals surface area contributed by atoms with Crippen LogP contribution in [0, 0.1) is 0 Å². The molecule has 35 heavy (non-hydrogen) atoms. The summed E-state index contributed by atoms with van der Waals surface area (Å²) in [5, 5.41) is 7.00. The van der Waals surface area contributed by atoms with Crippen LogP contribution >= 0.6 is 11.3 Å². The molecule has 1 aliphatic heterocycles. The van der Waals surface area contributed by atoms with Gasteiger partial charge in [0, 0.05) is 25.6 Å². The Morgan fingerprint density at radius 3 is 2.46 bits per heavy atom. The second kappa shape index (κ2) is 12.0. The molecule has 9 heteroatoms. The number of unbranched alkanes of at least 4 members (excludes halogenated alkanes) is 2. The van der Waals surface area contributed by atoms with Crippen molar-refractivity contribution in [2.24, 2.45) is 0 Å². The van der Waals surface area contributed by atoms with Crippen LogP contribution in [-0.4, -0.2) is 57.4 Å². The number of ether oxygens (including phenoxy) is 5. The third-order valence-corrected chi connectivity index (χ3v) is 7.35. The average molecular weight is 504 g/mol. The average Bonchev–Trinajstić information content (AvgIpc) is 3.46. The van der Waals surface area contributed by atoms with Crippen LogP contribution in [0.2, 0.25) is 0 Å². The molecule has 0 saturated carbocycles. The van der Waals surface area contributed by atoms with Crippen molar-refractivity contribution in [3.05, 3.63) is 23.1 Å². The molecule has 3 aromatic rings. The molecule has 1 atom stereocenters. The Balaban J connectivity index is 1.83. The van der Waals surface area contributed by atoms with Crippen molar-refractivity contribution in [1.82, 2.24) is 9.61 Å². The summed E-state index contributed by atoms with van der Waals surface area (Å²) in [4.78, 5) is 3.39. The monoisotopic (exact) mass is 503 g/mol. The molecule has 0 aliphatic carbocycles. The third-order valence-electron chi connectivity index (χ3n) is 6.42. The third kappa shape index (κ3) is 5.22. The Hall–Kier alpha value is -2.49. The summed E-state index contributed by atoms with van der Waals surface area (Å²) >= 11 is 1.64. The van der Waals surface area contributed by atoms with E-state index in [1.807, 2.05) is 16.6 Å². The largest absolute Gasteiger partial charge is 0.496 e. The Morgan fingerprint density at radius 1 is 1.09 bits per heavy atom. The van der Waals surface area contributed by atoms with E-state index >= 15 is 0 Å². The normalized spacial score (nSPS) is 16.0. The van der Waals surface area contributed by atoms with E-state index in [1.54, 1.807) is 39.8 Å². The first kappa shape index (κ1) is 25.6. The highest BCUT2D eigenvalue weighted by Gasteiger charge is 2.31. The summed E-state index contributed by atoms with van der Waals surface area (Å²) in [6, 6.07) is 3.97. The maximum absolute atomic E-state index is 6.23. The molecule has 192 valence electrons. The minimum atomic E-state index is 0.0328. The lowest BCUT2D eigenvalue weighted by Gasteiger charge is -2.35. The van der Waals surface area contributed by atoms with Gasteiger partial charge in [0.25, 0.3) is 5.88 Å². The number of hydrogen-bond acceptors (Lipinski definition) is 8. The zero-order valence-corrected chi connectivity index (χ0v) is 22.3. The molecule has 3 heterocycles. The summed E-state index contributed by atoms with van der Waals surface area (Å²) in [7, 11) is 6.70. The summed E-state index contributed by atoms with van der Waals surface area (Å²) in [6.45, 7) is 4.39. The van der Waals surface area contributed by atoms with Crippen molar-refractivity contribution < 1.29 is 23.7 Å². The Morgan fingerprint density at radius 2 is 1.86 bits per heavy atom. The molecule has 8 nitrogen and oxygen atoms in total. The molecule has 1 saturated heterocycles. The first-order valence-corrected chi connectivity index (χ1v) is 13.2. The lowest BCUT2D eigenvalue weighted by atomic mass is 10.1. The summed E-state index contributed by atoms with van der Waals surface area (Å²) in [6.07, 6.45) is 6.76. The van der Waals surface area contributed by atoms with Crippen molar-refractivity contribution in [3.63, 3.8) is 0 Å². The van der Waals surface area contributed by atoms with Crippen LogP contribution in [-0.2, 0) is 16.1 Å². The molecule has 1 aromatic carbocycles. The smallest absolute Gasteiger partial charge is 0.258 e. The molecule has 4 rings (SSSR count). The fourth-order valence-electron chi connectivity index (χ4n) is 4.72. The van der Waals surface area contributed by atoms with E-state index in [0.29, 0.717) is 24.0 Å². The molecule has 2 aromatic heterocycles. The molecule has 0 radical (unpaired) electrons. The number of anilines is 1. The topological polar surface area (TPSA) is 66.7 Å². The van der Waals surface area contributed by atoms with E-state index in [0.717, 1.165) is 59.8 Å². The highest BCUT2D eigenvalue weighted by Crippen LogP contribution is 2.45. The van der Waals surface area contributed by atoms with Gasteiger partial charge in [0.2, 0.25) is 0 Å². The van der Waals surface area contributed by atoms with Crippen LogP contribution in [0.4, 0.5) is 5.69 Å². The van der Waals surface area contributed by atoms with Gasteiger partial charge in [0.1, 0.15) is 28.2 Å². The predicted molar refractivity (Wildman–Crippen MR) is 139 cm³/mol. The van der Waals surface area contributed by atoms with Crippen LogP contribution in [0.25, 0.3) is 16.1 Å². The maximum atomic E-state index is 6.23. The lowest BCUT2D eigenvalue weighted by molar-refractivity contribution is 0.0140. The van der Waals surface area contributed by atoms with Gasteiger partial charge in [-0.05, 0) is 43.4 Å². The Bertz CT molecular complexity index is 1080. The van der Waals surface area contributed by atoms with Gasteiger partial charge in [-0.1, -0.05) is 19.8 Å². The van der Waals surface area contributed by atoms with Gasteiger partial charge in [0.05, 0.1) is 39.2 Å². The predicted octanol–water partition coefficient (Wildman–Crippen LogP) is 5.76. The molecule has 0 amide bonds. The Kier molecular flexibility index (Phi) is 8.75. The molecule has 1 unspecified atom stereocenters. The summed E-state index contributed by atoms with van der Waals surface area (Å²) in [5.74, 6) is 2.03. The molecule has 0 spiro atoms. The van der Waals surface area contributed by atoms with Gasteiger partial charge >= 0.3 is 0 Å². The van der Waals surface area contributed by atoms with Gasteiger partial charge < -0.3 is 28.6 Å². The van der Waals surface area contributed by atoms with Crippen LogP contribution in [0.15, 0.2) is 17.5 Å². The fraction of sp³-hybridized carbons (Fsp3) is 0.577. The van der Waals surface area contributed by atoms with E-state index < -0.39 is 0 Å². The molecular weight excluding hydrogens is 466 g/mol. The molecular formula is C26H37N3O5S. The van der Waals surface area contributed by atoms with Crippen LogP contribution in [0.5, 0.6) is 17.4 Å². The van der Waals surface area contributed by atoms with Crippen molar-refractivity contribution in [2.75, 3.05) is 46.5 Å². The van der Waals surface area contributed by atoms with Crippen molar-refractivity contribution in [1.29, 1.82) is 0 Å². The minimum absolute atomic E-state index is 0.0328. The fourth-order valence-corrected chi connectivity index (χ4v) is 5.72. The molecule has 0 N–H and O–H groups in total. The van der Waals surface area contributed by atoms with E-state index in [4.69, 9.17) is 28.8 Å². The van der Waals surface area contributed by atoms with E-state index in [1.165, 1.54) is 19.3 Å². The van der Waals surface area contributed by atoms with Crippen molar-refractivity contribution in [3.8, 4) is 28.6 Å². The number of fused-ring (bicyclic) bond motifs is 1. The number of benzene rings is 1. The minimum Gasteiger partial charge on any atom is -0.496 e. The van der Waals surface area contributed by atoms with Gasteiger partial charge in [-0.15, -0.1) is 16.4 Å². The first-order valence-electron chi connectivity index (χ1n) is 12.3. The second-order valence-corrected chi connectivity index (χ2v) is 9.58. The van der Waals surface area contributed by atoms with Crippen LogP contribution < -0.4 is 19.1 Å². The van der Waals surface area contributed by atoms with Crippen LogP contribution in [0.1, 0.15) is 51.0 Å². The first-order chi connectivity index (χ1) is 17.2. The number of methoxy groups -OCH3 is 4. The molecule has 1 fully saturated rings. The van der Waals surface area contributed by atoms with Crippen LogP contribution in [0.3, 0.4) is 0 Å². The van der Waals surface area contributed by atoms with Crippen molar-refractivity contribution >= 4 is 21.9 Å². The summed E-state index contributed by atoms with van der Waals surface area (Å²) < 4.78 is 30.9. The SMILES string of the molecule is CCCCCN(c1c(OC)nn2c(-c3c(OC)cc(COC)cc3OC)csc12)C1CCCCO1. The highest BCUT2D eigenvalue weighted by atomic mass is 32.1. The number of hydrogen-bond donors (Lipinski definition) is 0. The Labute approximate surface area is 211 Å². The van der Waals surface area contributed by atoms with Gasteiger partial charge in [-0.25, -0.2) is 4.52 Å². The molecule has 0 bridgehead atoms. The van der Waals surface area contributed by atoms with Gasteiger partial charge in [-0.3, -0.25) is 0 Å². The second-order valence-electron chi connectivity index (χ2n) is 8.73. The zero-order valence-electron chi connectivity index (χ0n) is 21.5. The maximum Gasteiger partial charge on any atom is 0.258 e. The summed E-state index contributed by atoms with van der Waals surface area (Å²) in [5.41, 5.74) is 3.72. The number of nitrogens with zero attached hydrogens (tertiary/aromatic N) is 3. The van der Waals surface area contributed by atoms with E-state index in [-0.39, 0.29) is 6.23 Å². The standard InChI is InChI=1S/C26H37N3O5S/c1-6-7-9-12-28(22-11-8-10-13-34-22)24-25(33-5)27-29-19(17-35-26(24)29)23-20(31-3)14-18(16-30-2)15-21(23)32-4/h14-15,17,22H,6-13,16H2,1-5H3. The van der Waals surface area contributed by atoms with Gasteiger partial charge in [0.15, 0.2) is 0 Å². The number of thiazole rings is 1. The molecule has 1 aliphatic rings. The zero-order chi connectivity index (χ0) is 24.8. The van der Waals surface area contributed by atoms with Gasteiger partial charge in [-0.2, -0.15) is 0 Å². The number of aromatic nitrogens is 2. The van der Waals surface area contributed by atoms with Crippen molar-refractivity contribution in [2.45, 2.75) is 58.3 Å². The van der Waals surface area contributed by atoms with E-state index in [2.05, 4.69) is 17.2 Å². The quantitative estimate of drug-likeness (QED) is 0.291. The lowest BCUT2D eigenvalue weighted by Crippen LogP contribution is -2.40. The van der Waals surface area contributed by atoms with E-state index in [9.17, 15) is 0 Å². The number of rotatable bonds is 12.